The van der Waals surface area contributed by atoms with E-state index in [1.54, 1.807) is 0 Å². The van der Waals surface area contributed by atoms with Crippen molar-refractivity contribution in [3.8, 4) is 0 Å². The molecule has 0 saturated carbocycles. The zero-order valence-electron chi connectivity index (χ0n) is 8.19. The van der Waals surface area contributed by atoms with E-state index in [0.29, 0.717) is 6.04 Å². The van der Waals surface area contributed by atoms with Crippen LogP contribution in [0.3, 0.4) is 0 Å². The summed E-state index contributed by atoms with van der Waals surface area (Å²) in [6.07, 6.45) is 0. The number of hydrogen-bond acceptors (Lipinski definition) is 3. The van der Waals surface area contributed by atoms with Crippen LogP contribution in [0.1, 0.15) is 11.6 Å². The third kappa shape index (κ3) is 2.29. The van der Waals surface area contributed by atoms with Gasteiger partial charge in [-0.3, -0.25) is 10.2 Å². The highest BCUT2D eigenvalue weighted by atomic mass is 32.1. The minimum Gasteiger partial charge on any atom is -0.296 e. The molecule has 1 heterocycles. The predicted molar refractivity (Wildman–Crippen MR) is 62.6 cm³/mol. The maximum absolute atomic E-state index is 4.24. The second-order valence-electron chi connectivity index (χ2n) is 3.63. The van der Waals surface area contributed by atoms with Gasteiger partial charge in [0, 0.05) is 31.6 Å². The molecule has 1 saturated heterocycles. The van der Waals surface area contributed by atoms with Gasteiger partial charge in [-0.1, -0.05) is 30.3 Å². The summed E-state index contributed by atoms with van der Waals surface area (Å²) in [6.45, 7) is 3.16. The van der Waals surface area contributed by atoms with Crippen LogP contribution in [-0.2, 0) is 0 Å². The molecule has 1 aliphatic rings. The van der Waals surface area contributed by atoms with Crippen molar-refractivity contribution in [1.29, 1.82) is 0 Å². The van der Waals surface area contributed by atoms with E-state index in [1.807, 2.05) is 0 Å². The van der Waals surface area contributed by atoms with Gasteiger partial charge in [0.2, 0.25) is 0 Å². The molecule has 0 aromatic heterocycles. The molecular weight excluding hydrogens is 192 g/mol. The van der Waals surface area contributed by atoms with Gasteiger partial charge in [0.1, 0.15) is 0 Å². The number of nitrogens with one attached hydrogen (secondary N) is 1. The minimum absolute atomic E-state index is 0.496. The fourth-order valence-electron chi connectivity index (χ4n) is 1.85. The smallest absolute Gasteiger partial charge is 0.0486 e. The van der Waals surface area contributed by atoms with Gasteiger partial charge in [0.25, 0.3) is 0 Å². The fraction of sp³-hybridized carbons (Fsp3) is 0.455. The zero-order chi connectivity index (χ0) is 9.80. The Hall–Kier alpha value is -0.510. The Morgan fingerprint density at radius 1 is 1.36 bits per heavy atom. The topological polar surface area (TPSA) is 15.3 Å². The number of nitrogens with zero attached hydrogens (tertiary/aromatic N) is 1. The summed E-state index contributed by atoms with van der Waals surface area (Å²) in [4.78, 5) is 2.39. The molecule has 1 fully saturated rings. The van der Waals surface area contributed by atoms with E-state index in [-0.39, 0.29) is 0 Å². The van der Waals surface area contributed by atoms with Gasteiger partial charge < -0.3 is 0 Å². The van der Waals surface area contributed by atoms with Crippen molar-refractivity contribution in [3.05, 3.63) is 35.9 Å². The van der Waals surface area contributed by atoms with Crippen molar-refractivity contribution in [3.63, 3.8) is 0 Å². The van der Waals surface area contributed by atoms with Crippen molar-refractivity contribution in [1.82, 2.24) is 10.2 Å². The highest BCUT2D eigenvalue weighted by molar-refractivity contribution is 7.80. The van der Waals surface area contributed by atoms with Crippen LogP contribution >= 0.6 is 12.6 Å². The van der Waals surface area contributed by atoms with E-state index in [2.05, 4.69) is 53.2 Å². The average molecular weight is 208 g/mol. The Morgan fingerprint density at radius 2 is 2.14 bits per heavy atom. The van der Waals surface area contributed by atoms with E-state index in [1.165, 1.54) is 5.56 Å². The molecule has 1 atom stereocenters. The van der Waals surface area contributed by atoms with Gasteiger partial charge in [-0.05, 0) is 5.56 Å². The molecule has 0 amide bonds. The summed E-state index contributed by atoms with van der Waals surface area (Å²) in [5, 5.41) is 3.50. The molecule has 0 bridgehead atoms. The molecule has 1 aromatic rings. The second kappa shape index (κ2) is 4.82. The number of thiol groups is 1. The van der Waals surface area contributed by atoms with Gasteiger partial charge >= 0.3 is 0 Å². The molecule has 76 valence electrons. The zero-order valence-corrected chi connectivity index (χ0v) is 9.08. The maximum Gasteiger partial charge on any atom is 0.0486 e. The summed E-state index contributed by atoms with van der Waals surface area (Å²) in [5.74, 6) is 0.934. The van der Waals surface area contributed by atoms with Crippen LogP contribution in [0, 0.1) is 0 Å². The third-order valence-corrected chi connectivity index (χ3v) is 2.82. The Morgan fingerprint density at radius 3 is 2.86 bits per heavy atom. The summed E-state index contributed by atoms with van der Waals surface area (Å²) in [7, 11) is 0. The van der Waals surface area contributed by atoms with E-state index >= 15 is 0 Å². The van der Waals surface area contributed by atoms with Crippen molar-refractivity contribution in [2.45, 2.75) is 6.04 Å². The molecule has 0 spiro atoms. The van der Waals surface area contributed by atoms with E-state index in [0.717, 1.165) is 25.5 Å². The SMILES string of the molecule is SCCN1CNC(c2ccccc2)C1. The van der Waals surface area contributed by atoms with E-state index in [4.69, 9.17) is 0 Å². The molecule has 1 unspecified atom stereocenters. The Bertz CT molecular complexity index is 276. The second-order valence-corrected chi connectivity index (χ2v) is 4.07. The lowest BCUT2D eigenvalue weighted by Crippen LogP contribution is -2.23. The maximum atomic E-state index is 4.24. The first kappa shape index (κ1) is 10.0. The van der Waals surface area contributed by atoms with Crippen LogP contribution in [0.2, 0.25) is 0 Å². The van der Waals surface area contributed by atoms with Gasteiger partial charge in [0.15, 0.2) is 0 Å². The van der Waals surface area contributed by atoms with Crippen molar-refractivity contribution < 1.29 is 0 Å². The molecule has 14 heavy (non-hydrogen) atoms. The van der Waals surface area contributed by atoms with Crippen LogP contribution in [0.15, 0.2) is 30.3 Å². The average Bonchev–Trinajstić information content (AvgIpc) is 2.68. The summed E-state index contributed by atoms with van der Waals surface area (Å²) in [5.41, 5.74) is 1.38. The largest absolute Gasteiger partial charge is 0.296 e. The molecule has 2 rings (SSSR count). The van der Waals surface area contributed by atoms with Crippen molar-refractivity contribution in [2.24, 2.45) is 0 Å². The molecule has 0 aliphatic carbocycles. The van der Waals surface area contributed by atoms with Crippen LogP contribution in [0.5, 0.6) is 0 Å². The molecule has 1 aliphatic heterocycles. The van der Waals surface area contributed by atoms with Crippen molar-refractivity contribution in [2.75, 3.05) is 25.5 Å². The van der Waals surface area contributed by atoms with E-state index in [9.17, 15) is 0 Å². The van der Waals surface area contributed by atoms with Gasteiger partial charge in [0.05, 0.1) is 0 Å². The summed E-state index contributed by atoms with van der Waals surface area (Å²) < 4.78 is 0. The van der Waals surface area contributed by atoms with Crippen LogP contribution in [0.4, 0.5) is 0 Å². The first-order chi connectivity index (χ1) is 6.90. The third-order valence-electron chi connectivity index (χ3n) is 2.62. The molecule has 3 heteroatoms. The van der Waals surface area contributed by atoms with Gasteiger partial charge in [-0.2, -0.15) is 12.6 Å². The standard InChI is InChI=1S/C11H16N2S/c14-7-6-13-8-11(12-9-13)10-4-2-1-3-5-10/h1-5,11-12,14H,6-9H2. The molecule has 1 aromatic carbocycles. The van der Waals surface area contributed by atoms with Crippen molar-refractivity contribution >= 4 is 12.6 Å². The highest BCUT2D eigenvalue weighted by Crippen LogP contribution is 2.17. The lowest BCUT2D eigenvalue weighted by atomic mass is 10.1. The first-order valence-electron chi connectivity index (χ1n) is 5.01. The van der Waals surface area contributed by atoms with Crippen LogP contribution in [-0.4, -0.2) is 30.4 Å². The normalized spacial score (nSPS) is 22.8. The highest BCUT2D eigenvalue weighted by Gasteiger charge is 2.21. The number of hydrogen-bond donors (Lipinski definition) is 2. The van der Waals surface area contributed by atoms with Crippen LogP contribution < -0.4 is 5.32 Å². The van der Waals surface area contributed by atoms with E-state index < -0.39 is 0 Å². The quantitative estimate of drug-likeness (QED) is 0.732. The summed E-state index contributed by atoms with van der Waals surface area (Å²) >= 11 is 4.24. The van der Waals surface area contributed by atoms with Crippen LogP contribution in [0.25, 0.3) is 0 Å². The minimum atomic E-state index is 0.496. The lowest BCUT2D eigenvalue weighted by Gasteiger charge is -2.12. The number of rotatable bonds is 3. The first-order valence-corrected chi connectivity index (χ1v) is 5.65. The number of benzene rings is 1. The lowest BCUT2D eigenvalue weighted by molar-refractivity contribution is 0.353. The predicted octanol–water partition coefficient (Wildman–Crippen LogP) is 1.52. The molecule has 1 N–H and O–H groups in total. The Labute approximate surface area is 90.7 Å². The molecule has 0 radical (unpaired) electrons. The van der Waals surface area contributed by atoms with Gasteiger partial charge in [-0.15, -0.1) is 0 Å². The monoisotopic (exact) mass is 208 g/mol. The molecular formula is C11H16N2S. The Kier molecular flexibility index (Phi) is 3.45. The van der Waals surface area contributed by atoms with Gasteiger partial charge in [-0.25, -0.2) is 0 Å². The summed E-state index contributed by atoms with van der Waals surface area (Å²) in [6, 6.07) is 11.1. The Balaban J connectivity index is 1.96. The molecule has 2 nitrogen and oxygen atoms in total. The fourth-order valence-corrected chi connectivity index (χ4v) is 2.13.